The van der Waals surface area contributed by atoms with E-state index in [-0.39, 0.29) is 23.2 Å². The van der Waals surface area contributed by atoms with Crippen LogP contribution >= 0.6 is 0 Å². The van der Waals surface area contributed by atoms with Gasteiger partial charge in [0.2, 0.25) is 0 Å². The number of carbonyl (C=O) groups excluding carboxylic acids is 2. The third-order valence-electron chi connectivity index (χ3n) is 5.45. The normalized spacial score (nSPS) is 29.5. The number of carbonyl (C=O) groups is 2. The van der Waals surface area contributed by atoms with Gasteiger partial charge in [-0.3, -0.25) is 9.59 Å². The largest absolute Gasteiger partial charge is 0.493 e. The molecule has 4 rings (SSSR count). The molecule has 0 bridgehead atoms. The summed E-state index contributed by atoms with van der Waals surface area (Å²) < 4.78 is 11.6. The number of ketones is 1. The van der Waals surface area contributed by atoms with Gasteiger partial charge < -0.3 is 14.4 Å². The fourth-order valence-corrected chi connectivity index (χ4v) is 4.21. The third-order valence-corrected chi connectivity index (χ3v) is 5.45. The molecule has 1 saturated carbocycles. The molecule has 0 unspecified atom stereocenters. The Labute approximate surface area is 129 Å². The number of methoxy groups -OCH3 is 1. The predicted octanol–water partition coefficient (Wildman–Crippen LogP) is 1.92. The second-order valence-corrected chi connectivity index (χ2v) is 6.50. The zero-order valence-electron chi connectivity index (χ0n) is 12.8. The van der Waals surface area contributed by atoms with E-state index in [9.17, 15) is 9.59 Å². The molecule has 5 nitrogen and oxygen atoms in total. The van der Waals surface area contributed by atoms with Gasteiger partial charge in [0.05, 0.1) is 7.11 Å². The molecule has 116 valence electrons. The van der Waals surface area contributed by atoms with Gasteiger partial charge >= 0.3 is 0 Å². The first-order valence-corrected chi connectivity index (χ1v) is 7.72. The van der Waals surface area contributed by atoms with E-state index in [4.69, 9.17) is 9.47 Å². The maximum Gasteiger partial charge on any atom is 0.254 e. The van der Waals surface area contributed by atoms with Crippen molar-refractivity contribution < 1.29 is 19.1 Å². The van der Waals surface area contributed by atoms with Crippen molar-refractivity contribution in [1.29, 1.82) is 0 Å². The van der Waals surface area contributed by atoms with Crippen LogP contribution in [0.25, 0.3) is 0 Å². The number of hydrogen-bond donors (Lipinski definition) is 0. The van der Waals surface area contributed by atoms with Gasteiger partial charge in [0, 0.05) is 43.0 Å². The summed E-state index contributed by atoms with van der Waals surface area (Å²) in [4.78, 5) is 26.3. The number of nitrogens with zero attached hydrogens (tertiary/aromatic N) is 1. The number of ether oxygens (including phenoxy) is 2. The van der Waals surface area contributed by atoms with E-state index in [1.54, 1.807) is 18.1 Å². The molecule has 1 aromatic carbocycles. The average molecular weight is 301 g/mol. The van der Waals surface area contributed by atoms with Crippen molar-refractivity contribution in [2.75, 3.05) is 20.7 Å². The maximum atomic E-state index is 12.7. The smallest absolute Gasteiger partial charge is 0.254 e. The van der Waals surface area contributed by atoms with Crippen molar-refractivity contribution in [3.8, 4) is 11.5 Å². The fraction of sp³-hybridized carbons (Fsp3) is 0.529. The third kappa shape index (κ3) is 1.59. The van der Waals surface area contributed by atoms with Crippen LogP contribution < -0.4 is 9.47 Å². The predicted molar refractivity (Wildman–Crippen MR) is 79.5 cm³/mol. The summed E-state index contributed by atoms with van der Waals surface area (Å²) in [5.74, 6) is 1.59. The lowest BCUT2D eigenvalue weighted by Crippen LogP contribution is -2.44. The second-order valence-electron chi connectivity index (χ2n) is 6.50. The van der Waals surface area contributed by atoms with Crippen LogP contribution in [0.3, 0.4) is 0 Å². The van der Waals surface area contributed by atoms with E-state index in [1.165, 1.54) is 0 Å². The SMILES string of the molecule is COc1ccc2c3c1O[C@H]1CC(=O)CC[C@@]31CCN(C)C2=O. The molecule has 2 heterocycles. The van der Waals surface area contributed by atoms with Gasteiger partial charge in [0.25, 0.3) is 5.91 Å². The summed E-state index contributed by atoms with van der Waals surface area (Å²) in [5, 5.41) is 0. The lowest BCUT2D eigenvalue weighted by Gasteiger charge is -2.37. The van der Waals surface area contributed by atoms with Crippen molar-refractivity contribution >= 4 is 11.7 Å². The molecule has 1 spiro atoms. The molecule has 2 aliphatic heterocycles. The van der Waals surface area contributed by atoms with E-state index in [0.29, 0.717) is 36.4 Å². The monoisotopic (exact) mass is 301 g/mol. The van der Waals surface area contributed by atoms with Crippen molar-refractivity contribution in [3.05, 3.63) is 23.3 Å². The van der Waals surface area contributed by atoms with Crippen LogP contribution in [-0.4, -0.2) is 43.4 Å². The quantitative estimate of drug-likeness (QED) is 0.795. The molecule has 0 N–H and O–H groups in total. The molecular formula is C17H19NO4. The van der Waals surface area contributed by atoms with Gasteiger partial charge in [-0.2, -0.15) is 0 Å². The molecule has 22 heavy (non-hydrogen) atoms. The first-order chi connectivity index (χ1) is 10.6. The minimum absolute atomic E-state index is 0.0249. The highest BCUT2D eigenvalue weighted by Gasteiger charge is 2.55. The topological polar surface area (TPSA) is 55.8 Å². The molecule has 0 radical (unpaired) electrons. The summed E-state index contributed by atoms with van der Waals surface area (Å²) in [6.45, 7) is 0.684. The summed E-state index contributed by atoms with van der Waals surface area (Å²) in [6, 6.07) is 3.63. The van der Waals surface area contributed by atoms with E-state index >= 15 is 0 Å². The summed E-state index contributed by atoms with van der Waals surface area (Å²) in [5.41, 5.74) is 1.44. The Bertz CT molecular complexity index is 683. The van der Waals surface area contributed by atoms with Gasteiger partial charge in [-0.15, -0.1) is 0 Å². The van der Waals surface area contributed by atoms with Crippen LogP contribution in [0, 0.1) is 0 Å². The van der Waals surface area contributed by atoms with Gasteiger partial charge in [0.1, 0.15) is 11.9 Å². The molecule has 1 aliphatic carbocycles. The minimum Gasteiger partial charge on any atom is -0.493 e. The summed E-state index contributed by atoms with van der Waals surface area (Å²) >= 11 is 0. The average Bonchev–Trinajstić information content (AvgIpc) is 2.80. The number of hydrogen-bond acceptors (Lipinski definition) is 4. The number of rotatable bonds is 1. The molecule has 5 heteroatoms. The van der Waals surface area contributed by atoms with Crippen LogP contribution in [0.2, 0.25) is 0 Å². The highest BCUT2D eigenvalue weighted by Crippen LogP contribution is 2.56. The standard InChI is InChI=1S/C17H19NO4/c1-18-8-7-17-6-5-10(19)9-13(17)22-15-12(21-2)4-3-11(14(15)17)16(18)20/h3-4,13H,5-9H2,1-2H3/t13-,17-/m0/s1. The van der Waals surface area contributed by atoms with Crippen molar-refractivity contribution in [2.45, 2.75) is 37.2 Å². The first-order valence-electron chi connectivity index (χ1n) is 7.72. The Hall–Kier alpha value is -2.04. The second kappa shape index (κ2) is 4.48. The van der Waals surface area contributed by atoms with Gasteiger partial charge in [-0.1, -0.05) is 0 Å². The van der Waals surface area contributed by atoms with Gasteiger partial charge in [0.15, 0.2) is 11.5 Å². The van der Waals surface area contributed by atoms with Crippen LogP contribution in [0.4, 0.5) is 0 Å². The van der Waals surface area contributed by atoms with Crippen LogP contribution in [-0.2, 0) is 10.2 Å². The molecule has 0 aromatic heterocycles. The van der Waals surface area contributed by atoms with Gasteiger partial charge in [-0.05, 0) is 25.0 Å². The van der Waals surface area contributed by atoms with E-state index in [1.807, 2.05) is 13.1 Å². The maximum absolute atomic E-state index is 12.7. The molecule has 3 aliphatic rings. The fourth-order valence-electron chi connectivity index (χ4n) is 4.21. The lowest BCUT2D eigenvalue weighted by molar-refractivity contribution is -0.124. The Kier molecular flexibility index (Phi) is 2.77. The summed E-state index contributed by atoms with van der Waals surface area (Å²) in [6.07, 6.45) is 2.41. The Morgan fingerprint density at radius 3 is 2.91 bits per heavy atom. The van der Waals surface area contributed by atoms with E-state index in [2.05, 4.69) is 0 Å². The van der Waals surface area contributed by atoms with Crippen molar-refractivity contribution in [2.24, 2.45) is 0 Å². The zero-order valence-corrected chi connectivity index (χ0v) is 12.8. The molecule has 0 saturated heterocycles. The summed E-state index contributed by atoms with van der Waals surface area (Å²) in [7, 11) is 3.44. The Balaban J connectivity index is 1.97. The lowest BCUT2D eigenvalue weighted by atomic mass is 9.65. The highest BCUT2D eigenvalue weighted by atomic mass is 16.5. The molecule has 1 aromatic rings. The Morgan fingerprint density at radius 1 is 1.32 bits per heavy atom. The van der Waals surface area contributed by atoms with Gasteiger partial charge in [-0.25, -0.2) is 0 Å². The van der Waals surface area contributed by atoms with Crippen molar-refractivity contribution in [1.82, 2.24) is 4.90 Å². The molecular weight excluding hydrogens is 282 g/mol. The molecule has 1 fully saturated rings. The van der Waals surface area contributed by atoms with Crippen LogP contribution in [0.1, 0.15) is 41.6 Å². The number of Topliss-reactive ketones (excluding diaryl/α,β-unsaturated/α-hetero) is 1. The number of benzene rings is 1. The Morgan fingerprint density at radius 2 is 2.14 bits per heavy atom. The van der Waals surface area contributed by atoms with Crippen LogP contribution in [0.15, 0.2) is 12.1 Å². The first kappa shape index (κ1) is 13.6. The van der Waals surface area contributed by atoms with E-state index < -0.39 is 0 Å². The van der Waals surface area contributed by atoms with E-state index in [0.717, 1.165) is 18.4 Å². The minimum atomic E-state index is -0.229. The molecule has 2 atom stereocenters. The van der Waals surface area contributed by atoms with Crippen LogP contribution in [0.5, 0.6) is 11.5 Å². The van der Waals surface area contributed by atoms with Crippen molar-refractivity contribution in [3.63, 3.8) is 0 Å². The number of amides is 1. The molecule has 1 amide bonds. The zero-order chi connectivity index (χ0) is 15.5. The highest BCUT2D eigenvalue weighted by molar-refractivity contribution is 5.98.